The second-order valence-corrected chi connectivity index (χ2v) is 9.56. The fraction of sp³-hybridized carbons (Fsp3) is 0.667. The highest BCUT2D eigenvalue weighted by Gasteiger charge is 2.50. The van der Waals surface area contributed by atoms with Crippen molar-refractivity contribution in [3.05, 3.63) is 24.8 Å². The van der Waals surface area contributed by atoms with E-state index < -0.39 is 6.09 Å². The van der Waals surface area contributed by atoms with E-state index in [0.29, 0.717) is 12.0 Å². The quantitative estimate of drug-likeness (QED) is 0.610. The highest BCUT2D eigenvalue weighted by molar-refractivity contribution is 9.09. The lowest BCUT2D eigenvalue weighted by Gasteiger charge is -2.57. The summed E-state index contributed by atoms with van der Waals surface area (Å²) in [4.78, 5) is 38.2. The number of hydrogen-bond acceptors (Lipinski definition) is 4. The van der Waals surface area contributed by atoms with Gasteiger partial charge in [0.15, 0.2) is 0 Å². The van der Waals surface area contributed by atoms with E-state index in [9.17, 15) is 14.4 Å². The first-order valence-corrected chi connectivity index (χ1v) is 11.5. The van der Waals surface area contributed by atoms with Crippen LogP contribution in [0.15, 0.2) is 24.8 Å². The largest absolute Gasteiger partial charge is 0.449 e. The number of halogens is 1. The third-order valence-corrected chi connectivity index (χ3v) is 7.36. The Hall–Kier alpha value is -1.83. The number of amides is 3. The molecule has 29 heavy (non-hydrogen) atoms. The van der Waals surface area contributed by atoms with Crippen LogP contribution in [0.4, 0.5) is 4.79 Å². The molecule has 1 heterocycles. The van der Waals surface area contributed by atoms with Gasteiger partial charge in [0.1, 0.15) is 0 Å². The molecule has 0 aromatic carbocycles. The molecule has 3 amide bonds. The summed E-state index contributed by atoms with van der Waals surface area (Å²) in [6.45, 7) is 0.346. The molecule has 158 valence electrons. The van der Waals surface area contributed by atoms with Gasteiger partial charge in [0, 0.05) is 24.8 Å². The van der Waals surface area contributed by atoms with Crippen LogP contribution in [0.25, 0.3) is 0 Å². The molecule has 0 aromatic heterocycles. The summed E-state index contributed by atoms with van der Waals surface area (Å²) in [5.74, 6) is 2.14. The molecule has 4 aliphatic carbocycles. The summed E-state index contributed by atoms with van der Waals surface area (Å²) in [5, 5.41) is 2.64. The van der Waals surface area contributed by atoms with Gasteiger partial charge in [0.05, 0.1) is 18.5 Å². The summed E-state index contributed by atoms with van der Waals surface area (Å²) >= 11 is 3.03. The lowest BCUT2D eigenvalue weighted by Crippen LogP contribution is -2.46. The van der Waals surface area contributed by atoms with Gasteiger partial charge in [-0.2, -0.15) is 0 Å². The summed E-state index contributed by atoms with van der Waals surface area (Å²) < 4.78 is 5.53. The van der Waals surface area contributed by atoms with Crippen molar-refractivity contribution in [3.8, 4) is 0 Å². The van der Waals surface area contributed by atoms with E-state index in [0.717, 1.165) is 24.2 Å². The molecule has 4 bridgehead atoms. The van der Waals surface area contributed by atoms with Gasteiger partial charge in [-0.25, -0.2) is 4.79 Å². The van der Waals surface area contributed by atoms with Crippen LogP contribution in [-0.2, 0) is 14.3 Å². The van der Waals surface area contributed by atoms with Gasteiger partial charge in [0.25, 0.3) is 0 Å². The molecule has 8 heteroatoms. The average molecular weight is 466 g/mol. The van der Waals surface area contributed by atoms with E-state index in [2.05, 4.69) is 21.2 Å². The molecule has 0 atom stereocenters. The van der Waals surface area contributed by atoms with E-state index in [-0.39, 0.29) is 23.7 Å². The zero-order valence-electron chi connectivity index (χ0n) is 16.5. The SMILES string of the molecule is O=C(CBr)NCC(=O)N1C=CN(C(=O)OCCC23CC4CC(CC(C4)C2)C3)C=C1. The average Bonchev–Trinajstić information content (AvgIpc) is 2.70. The minimum atomic E-state index is -0.429. The minimum absolute atomic E-state index is 0.103. The van der Waals surface area contributed by atoms with Crippen LogP contribution >= 0.6 is 15.9 Å². The zero-order chi connectivity index (χ0) is 20.4. The van der Waals surface area contributed by atoms with E-state index in [1.807, 2.05) is 0 Å². The Labute approximate surface area is 179 Å². The molecule has 7 nitrogen and oxygen atoms in total. The molecule has 0 radical (unpaired) electrons. The predicted octanol–water partition coefficient (Wildman–Crippen LogP) is 3.33. The molecule has 0 spiro atoms. The van der Waals surface area contributed by atoms with Crippen LogP contribution < -0.4 is 5.32 Å². The van der Waals surface area contributed by atoms with Crippen molar-refractivity contribution in [3.63, 3.8) is 0 Å². The third kappa shape index (κ3) is 4.68. The fourth-order valence-corrected chi connectivity index (χ4v) is 6.21. The first kappa shape index (κ1) is 20.4. The van der Waals surface area contributed by atoms with Crippen molar-refractivity contribution >= 4 is 33.8 Å². The van der Waals surface area contributed by atoms with Gasteiger partial charge in [-0.1, -0.05) is 15.9 Å². The molecular formula is C21H28BrN3O4. The van der Waals surface area contributed by atoms with Crippen molar-refractivity contribution in [2.75, 3.05) is 18.5 Å². The van der Waals surface area contributed by atoms with E-state index in [1.54, 1.807) is 0 Å². The van der Waals surface area contributed by atoms with Gasteiger partial charge >= 0.3 is 6.09 Å². The number of carbonyl (C=O) groups excluding carboxylic acids is 3. The maximum absolute atomic E-state index is 12.3. The maximum Gasteiger partial charge on any atom is 0.418 e. The molecule has 4 fully saturated rings. The van der Waals surface area contributed by atoms with Crippen molar-refractivity contribution in [1.82, 2.24) is 15.1 Å². The van der Waals surface area contributed by atoms with Crippen molar-refractivity contribution < 1.29 is 19.1 Å². The number of rotatable bonds is 6. The van der Waals surface area contributed by atoms with Crippen LogP contribution in [0.5, 0.6) is 0 Å². The predicted molar refractivity (Wildman–Crippen MR) is 110 cm³/mol. The second kappa shape index (κ2) is 8.50. The van der Waals surface area contributed by atoms with E-state index >= 15 is 0 Å². The first-order valence-electron chi connectivity index (χ1n) is 10.4. The van der Waals surface area contributed by atoms with Crippen molar-refractivity contribution in [1.29, 1.82) is 0 Å². The molecule has 0 aromatic rings. The normalized spacial score (nSPS) is 31.8. The molecule has 4 saturated carbocycles. The lowest BCUT2D eigenvalue weighted by atomic mass is 9.49. The van der Waals surface area contributed by atoms with Gasteiger partial charge in [0.2, 0.25) is 11.8 Å². The number of nitrogens with zero attached hydrogens (tertiary/aromatic N) is 2. The Morgan fingerprint density at radius 3 is 2.07 bits per heavy atom. The van der Waals surface area contributed by atoms with Gasteiger partial charge in [-0.05, 0) is 68.1 Å². The summed E-state index contributed by atoms with van der Waals surface area (Å²) in [7, 11) is 0. The van der Waals surface area contributed by atoms with Gasteiger partial charge in [-0.3, -0.25) is 19.4 Å². The monoisotopic (exact) mass is 465 g/mol. The Morgan fingerprint density at radius 2 is 1.52 bits per heavy atom. The number of nitrogens with one attached hydrogen (secondary N) is 1. The Bertz CT molecular complexity index is 686. The molecule has 5 rings (SSSR count). The Morgan fingerprint density at radius 1 is 0.966 bits per heavy atom. The number of hydrogen-bond donors (Lipinski definition) is 1. The third-order valence-electron chi connectivity index (χ3n) is 6.86. The zero-order valence-corrected chi connectivity index (χ0v) is 18.1. The van der Waals surface area contributed by atoms with Crippen LogP contribution in [0.1, 0.15) is 44.9 Å². The van der Waals surface area contributed by atoms with Gasteiger partial charge in [-0.15, -0.1) is 0 Å². The number of alkyl halides is 1. The Balaban J connectivity index is 1.21. The van der Waals surface area contributed by atoms with Crippen LogP contribution in [0, 0.1) is 23.2 Å². The molecule has 0 unspecified atom stereocenters. The van der Waals surface area contributed by atoms with Crippen LogP contribution in [0.3, 0.4) is 0 Å². The summed E-state index contributed by atoms with van der Waals surface area (Å²) in [6.07, 6.45) is 14.7. The fourth-order valence-electron chi connectivity index (χ4n) is 6.01. The highest BCUT2D eigenvalue weighted by atomic mass is 79.9. The first-order chi connectivity index (χ1) is 14.0. The lowest BCUT2D eigenvalue weighted by molar-refractivity contribution is -0.128. The molecular weight excluding hydrogens is 438 g/mol. The summed E-state index contributed by atoms with van der Waals surface area (Å²) in [5.41, 5.74) is 0.394. The number of ether oxygens (including phenoxy) is 1. The topological polar surface area (TPSA) is 79.0 Å². The van der Waals surface area contributed by atoms with Gasteiger partial charge < -0.3 is 10.1 Å². The minimum Gasteiger partial charge on any atom is -0.449 e. The van der Waals surface area contributed by atoms with Crippen molar-refractivity contribution in [2.45, 2.75) is 44.9 Å². The standard InChI is InChI=1S/C21H28BrN3O4/c22-13-18(26)23-14-19(27)24-2-4-25(5-3-24)20(28)29-6-1-21-10-15-7-16(11-21)9-17(8-15)12-21/h2-5,15-17H,1,6-14H2,(H,23,26). The van der Waals surface area contributed by atoms with E-state index in [1.165, 1.54) is 73.1 Å². The molecule has 1 aliphatic heterocycles. The van der Waals surface area contributed by atoms with Crippen LogP contribution in [-0.4, -0.2) is 46.2 Å². The van der Waals surface area contributed by atoms with Crippen LogP contribution in [0.2, 0.25) is 0 Å². The molecule has 1 N–H and O–H groups in total. The van der Waals surface area contributed by atoms with E-state index in [4.69, 9.17) is 4.74 Å². The number of carbonyl (C=O) groups is 3. The molecule has 5 aliphatic rings. The maximum atomic E-state index is 12.3. The van der Waals surface area contributed by atoms with Crippen molar-refractivity contribution in [2.24, 2.45) is 23.2 Å². The molecule has 0 saturated heterocycles. The summed E-state index contributed by atoms with van der Waals surface area (Å²) in [6, 6.07) is 0. The second-order valence-electron chi connectivity index (χ2n) is 9.00. The Kier molecular flexibility index (Phi) is 5.99. The highest BCUT2D eigenvalue weighted by Crippen LogP contribution is 2.61. The smallest absolute Gasteiger partial charge is 0.418 e.